The van der Waals surface area contributed by atoms with Gasteiger partial charge in [0.15, 0.2) is 0 Å². The van der Waals surface area contributed by atoms with Crippen molar-refractivity contribution in [3.05, 3.63) is 66.1 Å². The van der Waals surface area contributed by atoms with E-state index in [1.807, 2.05) is 0 Å². The zero-order chi connectivity index (χ0) is 21.1. The number of hydrogen-bond acceptors (Lipinski definition) is 7. The van der Waals surface area contributed by atoms with Gasteiger partial charge in [-0.15, -0.1) is 0 Å². The second kappa shape index (κ2) is 8.01. The van der Waals surface area contributed by atoms with Crippen molar-refractivity contribution in [2.24, 2.45) is 0 Å². The molecule has 1 saturated heterocycles. The van der Waals surface area contributed by atoms with E-state index >= 15 is 0 Å². The second-order valence-electron chi connectivity index (χ2n) is 6.69. The Bertz CT molecular complexity index is 1050. The summed E-state index contributed by atoms with van der Waals surface area (Å²) in [6.07, 6.45) is 3.20. The smallest absolute Gasteiger partial charge is 0.337 e. The van der Waals surface area contributed by atoms with Gasteiger partial charge in [0.05, 0.1) is 17.5 Å². The summed E-state index contributed by atoms with van der Waals surface area (Å²) in [5, 5.41) is 2.71. The molecule has 154 valence electrons. The lowest BCUT2D eigenvalue weighted by atomic mass is 10.1. The molecule has 4 rings (SSSR count). The lowest BCUT2D eigenvalue weighted by Gasteiger charge is -2.16. The molecule has 1 fully saturated rings. The van der Waals surface area contributed by atoms with Crippen LogP contribution in [0.1, 0.15) is 34.1 Å². The predicted molar refractivity (Wildman–Crippen MR) is 99.8 cm³/mol. The lowest BCUT2D eigenvalue weighted by molar-refractivity contribution is -0.137. The molecular formula is C19H16F3N7O. The van der Waals surface area contributed by atoms with Gasteiger partial charge in [0.25, 0.3) is 5.91 Å². The highest BCUT2D eigenvalue weighted by atomic mass is 19.4. The quantitative estimate of drug-likeness (QED) is 0.700. The molecule has 1 aliphatic rings. The molecule has 8 nitrogen and oxygen atoms in total. The molecule has 30 heavy (non-hydrogen) atoms. The Morgan fingerprint density at radius 2 is 1.93 bits per heavy atom. The number of anilines is 2. The van der Waals surface area contributed by atoms with Gasteiger partial charge in [0.2, 0.25) is 5.95 Å². The Hall–Kier alpha value is -3.63. The average molecular weight is 415 g/mol. The fourth-order valence-corrected chi connectivity index (χ4v) is 3.21. The van der Waals surface area contributed by atoms with Crippen LogP contribution in [0.5, 0.6) is 0 Å². The summed E-state index contributed by atoms with van der Waals surface area (Å²) in [5.41, 5.74) is 0.151. The monoisotopic (exact) mass is 415 g/mol. The molecule has 3 aromatic rings. The molecule has 0 aromatic carbocycles. The minimum absolute atomic E-state index is 0.00662. The Balaban J connectivity index is 1.46. The Morgan fingerprint density at radius 1 is 1.10 bits per heavy atom. The van der Waals surface area contributed by atoms with E-state index in [0.717, 1.165) is 18.3 Å². The summed E-state index contributed by atoms with van der Waals surface area (Å²) in [6.45, 7) is 0.996. The number of carbonyl (C=O) groups is 1. The van der Waals surface area contributed by atoms with E-state index in [2.05, 4.69) is 30.2 Å². The van der Waals surface area contributed by atoms with Crippen molar-refractivity contribution in [3.8, 4) is 0 Å². The number of carbonyl (C=O) groups excluding carboxylic acids is 1. The van der Waals surface area contributed by atoms with Crippen LogP contribution < -0.4 is 5.32 Å². The van der Waals surface area contributed by atoms with E-state index in [0.29, 0.717) is 25.2 Å². The number of likely N-dealkylation sites (tertiary alicyclic amines) is 1. The Morgan fingerprint density at radius 3 is 2.70 bits per heavy atom. The molecule has 1 N–H and O–H groups in total. The normalized spacial score (nSPS) is 16.5. The third kappa shape index (κ3) is 4.34. The van der Waals surface area contributed by atoms with Gasteiger partial charge < -0.3 is 10.2 Å². The lowest BCUT2D eigenvalue weighted by Crippen LogP contribution is -2.29. The number of amides is 1. The molecule has 0 bridgehead atoms. The maximum Gasteiger partial charge on any atom is 0.416 e. The molecule has 0 unspecified atom stereocenters. The topological polar surface area (TPSA) is 96.8 Å². The van der Waals surface area contributed by atoms with Crippen LogP contribution in [0.25, 0.3) is 0 Å². The van der Waals surface area contributed by atoms with Crippen LogP contribution in [0.15, 0.2) is 49.2 Å². The van der Waals surface area contributed by atoms with E-state index in [1.54, 1.807) is 11.0 Å². The van der Waals surface area contributed by atoms with E-state index < -0.39 is 11.7 Å². The van der Waals surface area contributed by atoms with Gasteiger partial charge in [-0.05, 0) is 24.6 Å². The SMILES string of the molecule is O=C(c1cnccn1)N1CC[C@@H](c2ccnc(Nc3cc(C(F)(F)F)ccn3)n2)C1. The summed E-state index contributed by atoms with van der Waals surface area (Å²) in [6, 6.07) is 3.52. The van der Waals surface area contributed by atoms with Crippen molar-refractivity contribution in [2.75, 3.05) is 18.4 Å². The zero-order valence-electron chi connectivity index (χ0n) is 15.5. The Labute approximate surface area is 169 Å². The van der Waals surface area contributed by atoms with Crippen molar-refractivity contribution >= 4 is 17.7 Å². The molecule has 0 radical (unpaired) electrons. The molecule has 0 aliphatic carbocycles. The standard InChI is InChI=1S/C19H16F3N7O/c20-19(21,22)13-1-4-25-16(9-13)28-18-26-5-2-14(27-18)12-3-8-29(11-12)17(30)15-10-23-6-7-24-15/h1-2,4-7,9-10,12H,3,8,11H2,(H,25,26,27,28)/t12-/m1/s1. The summed E-state index contributed by atoms with van der Waals surface area (Å²) < 4.78 is 38.6. The zero-order valence-corrected chi connectivity index (χ0v) is 15.5. The first kappa shape index (κ1) is 19.7. The molecule has 11 heteroatoms. The second-order valence-corrected chi connectivity index (χ2v) is 6.69. The van der Waals surface area contributed by atoms with E-state index in [9.17, 15) is 18.0 Å². The molecule has 4 heterocycles. The van der Waals surface area contributed by atoms with Crippen molar-refractivity contribution in [1.29, 1.82) is 0 Å². The molecule has 1 amide bonds. The van der Waals surface area contributed by atoms with Gasteiger partial charge in [0, 0.05) is 43.8 Å². The molecule has 0 saturated carbocycles. The minimum Gasteiger partial charge on any atom is -0.337 e. The molecule has 1 aliphatic heterocycles. The van der Waals surface area contributed by atoms with Gasteiger partial charge in [-0.1, -0.05) is 0 Å². The predicted octanol–water partition coefficient (Wildman–Crippen LogP) is 3.05. The average Bonchev–Trinajstić information content (AvgIpc) is 3.24. The number of rotatable bonds is 4. The highest BCUT2D eigenvalue weighted by molar-refractivity contribution is 5.92. The number of nitrogens with zero attached hydrogens (tertiary/aromatic N) is 6. The maximum atomic E-state index is 12.9. The van der Waals surface area contributed by atoms with Crippen molar-refractivity contribution in [2.45, 2.75) is 18.5 Å². The number of nitrogens with one attached hydrogen (secondary N) is 1. The third-order valence-electron chi connectivity index (χ3n) is 4.68. The van der Waals surface area contributed by atoms with Gasteiger partial charge in [-0.3, -0.25) is 9.78 Å². The number of alkyl halides is 3. The van der Waals surface area contributed by atoms with Gasteiger partial charge in [-0.25, -0.2) is 19.9 Å². The minimum atomic E-state index is -4.47. The van der Waals surface area contributed by atoms with E-state index in [1.165, 1.54) is 24.8 Å². The van der Waals surface area contributed by atoms with E-state index in [4.69, 9.17) is 0 Å². The highest BCUT2D eigenvalue weighted by Crippen LogP contribution is 2.31. The summed E-state index contributed by atoms with van der Waals surface area (Å²) in [5.74, 6) is -0.0966. The van der Waals surface area contributed by atoms with Crippen LogP contribution in [0, 0.1) is 0 Å². The number of pyridine rings is 1. The fourth-order valence-electron chi connectivity index (χ4n) is 3.21. The van der Waals surface area contributed by atoms with Crippen LogP contribution in [0.2, 0.25) is 0 Å². The van der Waals surface area contributed by atoms with E-state index in [-0.39, 0.29) is 29.3 Å². The number of halogens is 3. The molecular weight excluding hydrogens is 399 g/mol. The first-order chi connectivity index (χ1) is 14.4. The van der Waals surface area contributed by atoms with Gasteiger partial charge in [0.1, 0.15) is 11.5 Å². The number of aromatic nitrogens is 5. The van der Waals surface area contributed by atoms with Crippen molar-refractivity contribution < 1.29 is 18.0 Å². The molecule has 3 aromatic heterocycles. The van der Waals surface area contributed by atoms with Crippen LogP contribution in [0.4, 0.5) is 24.9 Å². The van der Waals surface area contributed by atoms with Crippen LogP contribution >= 0.6 is 0 Å². The third-order valence-corrected chi connectivity index (χ3v) is 4.68. The van der Waals surface area contributed by atoms with Crippen molar-refractivity contribution in [3.63, 3.8) is 0 Å². The first-order valence-electron chi connectivity index (χ1n) is 9.08. The van der Waals surface area contributed by atoms with Crippen LogP contribution in [-0.2, 0) is 6.18 Å². The maximum absolute atomic E-state index is 12.9. The summed E-state index contributed by atoms with van der Waals surface area (Å²) in [7, 11) is 0. The van der Waals surface area contributed by atoms with Gasteiger partial charge in [-0.2, -0.15) is 13.2 Å². The van der Waals surface area contributed by atoms with Crippen molar-refractivity contribution in [1.82, 2.24) is 29.8 Å². The largest absolute Gasteiger partial charge is 0.416 e. The number of hydrogen-bond donors (Lipinski definition) is 1. The van der Waals surface area contributed by atoms with Crippen LogP contribution in [-0.4, -0.2) is 48.8 Å². The fraction of sp³-hybridized carbons (Fsp3) is 0.263. The molecule has 0 spiro atoms. The summed E-state index contributed by atoms with van der Waals surface area (Å²) >= 11 is 0. The molecule has 1 atom stereocenters. The van der Waals surface area contributed by atoms with Crippen LogP contribution in [0.3, 0.4) is 0 Å². The van der Waals surface area contributed by atoms with Gasteiger partial charge >= 0.3 is 6.18 Å². The Kier molecular flexibility index (Phi) is 5.25. The first-order valence-corrected chi connectivity index (χ1v) is 9.08. The summed E-state index contributed by atoms with van der Waals surface area (Å²) in [4.78, 5) is 34.5. The highest BCUT2D eigenvalue weighted by Gasteiger charge is 2.31.